The van der Waals surface area contributed by atoms with Gasteiger partial charge in [0.25, 0.3) is 5.91 Å². The summed E-state index contributed by atoms with van der Waals surface area (Å²) in [6.45, 7) is -0.526. The standard InChI is InChI=1S/C12H16N2O4/c1-14(2)11(15)7-18-12(16)8-17-10-5-3-9(13)4-6-10/h3-6H,7-8,13H2,1-2H3. The van der Waals surface area contributed by atoms with E-state index < -0.39 is 5.97 Å². The second kappa shape index (κ2) is 6.48. The Morgan fingerprint density at radius 1 is 1.17 bits per heavy atom. The maximum Gasteiger partial charge on any atom is 0.344 e. The second-order valence-electron chi connectivity index (χ2n) is 3.81. The van der Waals surface area contributed by atoms with Crippen LogP contribution in [0.5, 0.6) is 5.75 Å². The smallest absolute Gasteiger partial charge is 0.344 e. The number of nitrogen functional groups attached to an aromatic ring is 1. The summed E-state index contributed by atoms with van der Waals surface area (Å²) in [4.78, 5) is 23.8. The van der Waals surface area contributed by atoms with Crippen LogP contribution >= 0.6 is 0 Å². The van der Waals surface area contributed by atoms with Crippen molar-refractivity contribution in [3.05, 3.63) is 24.3 Å². The Morgan fingerprint density at radius 3 is 2.33 bits per heavy atom. The molecule has 0 radical (unpaired) electrons. The molecule has 0 aliphatic heterocycles. The van der Waals surface area contributed by atoms with Crippen molar-refractivity contribution in [3.8, 4) is 5.75 Å². The molecular weight excluding hydrogens is 236 g/mol. The van der Waals surface area contributed by atoms with E-state index in [1.165, 1.54) is 4.90 Å². The van der Waals surface area contributed by atoms with Crippen molar-refractivity contribution in [2.24, 2.45) is 0 Å². The lowest BCUT2D eigenvalue weighted by molar-refractivity contribution is -0.152. The highest BCUT2D eigenvalue weighted by Crippen LogP contribution is 2.12. The van der Waals surface area contributed by atoms with Crippen LogP contribution in [-0.2, 0) is 14.3 Å². The normalized spacial score (nSPS) is 9.67. The number of carbonyl (C=O) groups excluding carboxylic acids is 2. The molecule has 1 rings (SSSR count). The third-order valence-corrected chi connectivity index (χ3v) is 2.09. The van der Waals surface area contributed by atoms with Crippen LogP contribution < -0.4 is 10.5 Å². The van der Waals surface area contributed by atoms with Gasteiger partial charge in [-0.25, -0.2) is 4.79 Å². The van der Waals surface area contributed by atoms with Crippen molar-refractivity contribution in [2.45, 2.75) is 0 Å². The van der Waals surface area contributed by atoms with Crippen LogP contribution in [0.25, 0.3) is 0 Å². The highest BCUT2D eigenvalue weighted by molar-refractivity contribution is 5.80. The topological polar surface area (TPSA) is 81.9 Å². The van der Waals surface area contributed by atoms with Gasteiger partial charge in [0.05, 0.1) is 0 Å². The van der Waals surface area contributed by atoms with Crippen molar-refractivity contribution in [2.75, 3.05) is 33.0 Å². The van der Waals surface area contributed by atoms with Crippen LogP contribution in [0.4, 0.5) is 5.69 Å². The summed E-state index contributed by atoms with van der Waals surface area (Å²) < 4.78 is 9.89. The Morgan fingerprint density at radius 2 is 1.78 bits per heavy atom. The number of ether oxygens (including phenoxy) is 2. The van der Waals surface area contributed by atoms with E-state index in [1.54, 1.807) is 38.4 Å². The zero-order valence-corrected chi connectivity index (χ0v) is 10.4. The minimum Gasteiger partial charge on any atom is -0.482 e. The van der Waals surface area contributed by atoms with Crippen molar-refractivity contribution in [3.63, 3.8) is 0 Å². The number of anilines is 1. The maximum atomic E-state index is 11.3. The van der Waals surface area contributed by atoms with E-state index in [-0.39, 0.29) is 19.1 Å². The second-order valence-corrected chi connectivity index (χ2v) is 3.81. The van der Waals surface area contributed by atoms with E-state index in [9.17, 15) is 9.59 Å². The predicted molar refractivity (Wildman–Crippen MR) is 66.0 cm³/mol. The molecule has 98 valence electrons. The van der Waals surface area contributed by atoms with Crippen LogP contribution in [0.15, 0.2) is 24.3 Å². The van der Waals surface area contributed by atoms with E-state index in [2.05, 4.69) is 0 Å². The Labute approximate surface area is 105 Å². The molecule has 0 heterocycles. The van der Waals surface area contributed by atoms with E-state index in [0.29, 0.717) is 11.4 Å². The fourth-order valence-corrected chi connectivity index (χ4v) is 1.02. The molecule has 0 saturated heterocycles. The third-order valence-electron chi connectivity index (χ3n) is 2.09. The molecule has 0 aliphatic rings. The van der Waals surface area contributed by atoms with Gasteiger partial charge in [0, 0.05) is 19.8 Å². The SMILES string of the molecule is CN(C)C(=O)COC(=O)COc1ccc(N)cc1. The lowest BCUT2D eigenvalue weighted by atomic mass is 10.3. The van der Waals surface area contributed by atoms with Gasteiger partial charge in [-0.2, -0.15) is 0 Å². The minimum atomic E-state index is -0.595. The van der Waals surface area contributed by atoms with Crippen LogP contribution in [0, 0.1) is 0 Å². The fourth-order valence-electron chi connectivity index (χ4n) is 1.02. The Balaban J connectivity index is 2.29. The molecule has 6 heteroatoms. The van der Waals surface area contributed by atoms with Crippen molar-refractivity contribution < 1.29 is 19.1 Å². The number of hydrogen-bond donors (Lipinski definition) is 1. The van der Waals surface area contributed by atoms with E-state index in [1.807, 2.05) is 0 Å². The molecular formula is C12H16N2O4. The summed E-state index contributed by atoms with van der Waals surface area (Å²) in [6, 6.07) is 6.62. The zero-order valence-electron chi connectivity index (χ0n) is 10.4. The predicted octanol–water partition coefficient (Wildman–Crippen LogP) is 0.279. The lowest BCUT2D eigenvalue weighted by Crippen LogP contribution is -2.28. The molecule has 0 spiro atoms. The molecule has 1 aromatic carbocycles. The molecule has 1 aromatic rings. The molecule has 0 saturated carbocycles. The molecule has 0 fully saturated rings. The van der Waals surface area contributed by atoms with E-state index in [4.69, 9.17) is 15.2 Å². The summed E-state index contributed by atoms with van der Waals surface area (Å²) >= 11 is 0. The molecule has 0 aromatic heterocycles. The summed E-state index contributed by atoms with van der Waals surface area (Å²) in [7, 11) is 3.17. The fraction of sp³-hybridized carbons (Fsp3) is 0.333. The minimum absolute atomic E-state index is 0.245. The Kier molecular flexibility index (Phi) is 4.98. The molecule has 0 aliphatic carbocycles. The number of carbonyl (C=O) groups is 2. The number of amides is 1. The number of hydrogen-bond acceptors (Lipinski definition) is 5. The van der Waals surface area contributed by atoms with E-state index in [0.717, 1.165) is 0 Å². The summed E-state index contributed by atoms with van der Waals surface area (Å²) in [5.41, 5.74) is 6.12. The van der Waals surface area contributed by atoms with Crippen molar-refractivity contribution >= 4 is 17.6 Å². The average Bonchev–Trinajstić information content (AvgIpc) is 2.35. The summed E-state index contributed by atoms with van der Waals surface area (Å²) in [6.07, 6.45) is 0. The van der Waals surface area contributed by atoms with Gasteiger partial charge in [-0.3, -0.25) is 4.79 Å². The number of benzene rings is 1. The quantitative estimate of drug-likeness (QED) is 0.601. The molecule has 6 nitrogen and oxygen atoms in total. The Bertz CT molecular complexity index is 415. The van der Waals surface area contributed by atoms with Gasteiger partial charge < -0.3 is 20.1 Å². The number of esters is 1. The number of nitrogens with zero attached hydrogens (tertiary/aromatic N) is 1. The molecule has 0 bridgehead atoms. The van der Waals surface area contributed by atoms with Crippen LogP contribution in [0.3, 0.4) is 0 Å². The van der Waals surface area contributed by atoms with Crippen LogP contribution in [-0.4, -0.2) is 44.1 Å². The van der Waals surface area contributed by atoms with E-state index >= 15 is 0 Å². The molecule has 0 atom stereocenters. The highest BCUT2D eigenvalue weighted by atomic mass is 16.6. The first-order chi connectivity index (χ1) is 8.49. The zero-order chi connectivity index (χ0) is 13.5. The Hall–Kier alpha value is -2.24. The highest BCUT2D eigenvalue weighted by Gasteiger charge is 2.09. The van der Waals surface area contributed by atoms with Gasteiger partial charge in [0.2, 0.25) is 0 Å². The molecule has 0 unspecified atom stereocenters. The summed E-state index contributed by atoms with van der Waals surface area (Å²) in [5, 5.41) is 0. The van der Waals surface area contributed by atoms with Crippen molar-refractivity contribution in [1.29, 1.82) is 0 Å². The molecule has 1 amide bonds. The number of likely N-dealkylation sites (N-methyl/N-ethyl adjacent to an activating group) is 1. The monoisotopic (exact) mass is 252 g/mol. The molecule has 2 N–H and O–H groups in total. The maximum absolute atomic E-state index is 11.3. The van der Waals surface area contributed by atoms with Crippen LogP contribution in [0.1, 0.15) is 0 Å². The summed E-state index contributed by atoms with van der Waals surface area (Å²) in [5.74, 6) is -0.363. The van der Waals surface area contributed by atoms with Crippen LogP contribution in [0.2, 0.25) is 0 Å². The van der Waals surface area contributed by atoms with Gasteiger partial charge in [0.1, 0.15) is 5.75 Å². The number of nitrogens with two attached hydrogens (primary N) is 1. The third kappa shape index (κ3) is 4.73. The van der Waals surface area contributed by atoms with Gasteiger partial charge in [-0.1, -0.05) is 0 Å². The van der Waals surface area contributed by atoms with Gasteiger partial charge in [-0.15, -0.1) is 0 Å². The first kappa shape index (κ1) is 13.8. The number of rotatable bonds is 5. The first-order valence-corrected chi connectivity index (χ1v) is 5.33. The largest absolute Gasteiger partial charge is 0.482 e. The lowest BCUT2D eigenvalue weighted by Gasteiger charge is -2.10. The average molecular weight is 252 g/mol. The van der Waals surface area contributed by atoms with Gasteiger partial charge in [0.15, 0.2) is 13.2 Å². The van der Waals surface area contributed by atoms with Crippen molar-refractivity contribution in [1.82, 2.24) is 4.90 Å². The van der Waals surface area contributed by atoms with Gasteiger partial charge in [-0.05, 0) is 24.3 Å². The molecule has 18 heavy (non-hydrogen) atoms. The van der Waals surface area contributed by atoms with Gasteiger partial charge >= 0.3 is 5.97 Å². The first-order valence-electron chi connectivity index (χ1n) is 5.33.